The first-order chi connectivity index (χ1) is 7.38. The molecule has 0 bridgehead atoms. The van der Waals surface area contributed by atoms with Crippen LogP contribution >= 0.6 is 11.8 Å². The lowest BCUT2D eigenvalue weighted by Crippen LogP contribution is -1.84. The maximum atomic E-state index is 10.4. The molecule has 0 atom stereocenters. The molecule has 0 spiro atoms. The van der Waals surface area contributed by atoms with Crippen LogP contribution in [0.1, 0.15) is 16.1 Å². The molecule has 2 aromatic rings. The number of aromatic nitrogens is 1. The Kier molecular flexibility index (Phi) is 3.19. The molecule has 0 aromatic carbocycles. The van der Waals surface area contributed by atoms with Crippen molar-refractivity contribution in [2.75, 3.05) is 0 Å². The Balaban J connectivity index is 1.96. The van der Waals surface area contributed by atoms with Gasteiger partial charge < -0.3 is 4.42 Å². The standard InChI is InChI=1S/C11H9NO2S/c13-7-9-3-4-11(12-6-9)15-8-10-2-1-5-14-10/h1-7H,8H2. The van der Waals surface area contributed by atoms with E-state index in [2.05, 4.69) is 4.98 Å². The van der Waals surface area contributed by atoms with Gasteiger partial charge in [0.1, 0.15) is 5.76 Å². The molecule has 0 aliphatic carbocycles. The van der Waals surface area contributed by atoms with Gasteiger partial charge in [0.25, 0.3) is 0 Å². The van der Waals surface area contributed by atoms with E-state index in [1.165, 1.54) is 0 Å². The van der Waals surface area contributed by atoms with Crippen LogP contribution < -0.4 is 0 Å². The van der Waals surface area contributed by atoms with Gasteiger partial charge in [-0.2, -0.15) is 0 Å². The van der Waals surface area contributed by atoms with Crippen molar-refractivity contribution in [3.05, 3.63) is 48.0 Å². The van der Waals surface area contributed by atoms with E-state index >= 15 is 0 Å². The Morgan fingerprint density at radius 2 is 2.33 bits per heavy atom. The molecule has 0 saturated heterocycles. The zero-order chi connectivity index (χ0) is 10.5. The first-order valence-corrected chi connectivity index (χ1v) is 5.43. The molecule has 0 N–H and O–H groups in total. The van der Waals surface area contributed by atoms with Crippen LogP contribution in [0.2, 0.25) is 0 Å². The fourth-order valence-electron chi connectivity index (χ4n) is 1.09. The van der Waals surface area contributed by atoms with Crippen molar-refractivity contribution in [3.63, 3.8) is 0 Å². The molecule has 4 heteroatoms. The molecule has 0 radical (unpaired) electrons. The molecule has 2 heterocycles. The molecule has 2 rings (SSSR count). The normalized spacial score (nSPS) is 10.1. The van der Waals surface area contributed by atoms with Crippen LogP contribution in [0, 0.1) is 0 Å². The monoisotopic (exact) mass is 219 g/mol. The third-order valence-corrected chi connectivity index (χ3v) is 2.80. The Morgan fingerprint density at radius 1 is 1.40 bits per heavy atom. The summed E-state index contributed by atoms with van der Waals surface area (Å²) in [6, 6.07) is 7.37. The second-order valence-corrected chi connectivity index (χ2v) is 3.91. The van der Waals surface area contributed by atoms with Gasteiger partial charge in [-0.1, -0.05) is 11.8 Å². The summed E-state index contributed by atoms with van der Waals surface area (Å²) in [6.45, 7) is 0. The van der Waals surface area contributed by atoms with Crippen molar-refractivity contribution in [2.45, 2.75) is 10.8 Å². The number of nitrogens with zero attached hydrogens (tertiary/aromatic N) is 1. The Hall–Kier alpha value is -1.55. The maximum Gasteiger partial charge on any atom is 0.151 e. The second kappa shape index (κ2) is 4.79. The number of rotatable bonds is 4. The van der Waals surface area contributed by atoms with Gasteiger partial charge >= 0.3 is 0 Å². The summed E-state index contributed by atoms with van der Waals surface area (Å²) in [7, 11) is 0. The van der Waals surface area contributed by atoms with Crippen LogP contribution in [0.4, 0.5) is 0 Å². The van der Waals surface area contributed by atoms with E-state index in [4.69, 9.17) is 4.42 Å². The molecule has 0 fully saturated rings. The number of carbonyl (C=O) groups excluding carboxylic acids is 1. The number of hydrogen-bond acceptors (Lipinski definition) is 4. The highest BCUT2D eigenvalue weighted by Crippen LogP contribution is 2.20. The second-order valence-electron chi connectivity index (χ2n) is 2.92. The quantitative estimate of drug-likeness (QED) is 0.585. The molecule has 15 heavy (non-hydrogen) atoms. The third-order valence-electron chi connectivity index (χ3n) is 1.84. The van der Waals surface area contributed by atoms with Crippen molar-refractivity contribution in [1.82, 2.24) is 4.98 Å². The molecule has 76 valence electrons. The van der Waals surface area contributed by atoms with Gasteiger partial charge in [-0.3, -0.25) is 4.79 Å². The summed E-state index contributed by atoms with van der Waals surface area (Å²) in [6.07, 6.45) is 4.00. The summed E-state index contributed by atoms with van der Waals surface area (Å²) < 4.78 is 5.20. The molecular formula is C11H9NO2S. The van der Waals surface area contributed by atoms with Gasteiger partial charge in [0.15, 0.2) is 6.29 Å². The van der Waals surface area contributed by atoms with Gasteiger partial charge in [0, 0.05) is 11.8 Å². The number of hydrogen-bond donors (Lipinski definition) is 0. The average Bonchev–Trinajstić information content (AvgIpc) is 2.80. The number of thioether (sulfide) groups is 1. The minimum atomic E-state index is 0.595. The topological polar surface area (TPSA) is 43.1 Å². The smallest absolute Gasteiger partial charge is 0.151 e. The lowest BCUT2D eigenvalue weighted by atomic mass is 10.3. The van der Waals surface area contributed by atoms with Crippen molar-refractivity contribution < 1.29 is 9.21 Å². The predicted molar refractivity (Wildman–Crippen MR) is 57.9 cm³/mol. The van der Waals surface area contributed by atoms with E-state index in [0.29, 0.717) is 5.56 Å². The molecule has 3 nitrogen and oxygen atoms in total. The molecule has 0 unspecified atom stereocenters. The third kappa shape index (κ3) is 2.70. The number of furan rings is 1. The van der Waals surface area contributed by atoms with Gasteiger partial charge in [-0.25, -0.2) is 4.98 Å². The first-order valence-electron chi connectivity index (χ1n) is 4.45. The molecule has 0 aliphatic rings. The van der Waals surface area contributed by atoms with Gasteiger partial charge in [-0.15, -0.1) is 0 Å². The van der Waals surface area contributed by atoms with E-state index in [1.54, 1.807) is 30.3 Å². The van der Waals surface area contributed by atoms with E-state index in [9.17, 15) is 4.79 Å². The first kappa shape index (κ1) is 9.98. The Labute approximate surface area is 91.5 Å². The summed E-state index contributed by atoms with van der Waals surface area (Å²) in [5, 5.41) is 0.886. The molecule has 2 aromatic heterocycles. The number of pyridine rings is 1. The van der Waals surface area contributed by atoms with Gasteiger partial charge in [-0.05, 0) is 24.3 Å². The summed E-state index contributed by atoms with van der Waals surface area (Å²) in [5.74, 6) is 1.67. The zero-order valence-electron chi connectivity index (χ0n) is 7.92. The predicted octanol–water partition coefficient (Wildman–Crippen LogP) is 2.78. The van der Waals surface area contributed by atoms with E-state index in [1.807, 2.05) is 18.2 Å². The molecular weight excluding hydrogens is 210 g/mol. The number of aldehydes is 1. The van der Waals surface area contributed by atoms with Crippen LogP contribution in [0.25, 0.3) is 0 Å². The highest BCUT2D eigenvalue weighted by Gasteiger charge is 1.99. The molecule has 0 saturated carbocycles. The molecule has 0 amide bonds. The van der Waals surface area contributed by atoms with Crippen LogP contribution in [0.15, 0.2) is 46.2 Å². The van der Waals surface area contributed by atoms with Crippen molar-refractivity contribution in [1.29, 1.82) is 0 Å². The fourth-order valence-corrected chi connectivity index (χ4v) is 1.83. The Morgan fingerprint density at radius 3 is 2.93 bits per heavy atom. The summed E-state index contributed by atoms with van der Waals surface area (Å²) in [5.41, 5.74) is 0.595. The minimum Gasteiger partial charge on any atom is -0.468 e. The highest BCUT2D eigenvalue weighted by molar-refractivity contribution is 7.98. The number of carbonyl (C=O) groups is 1. The van der Waals surface area contributed by atoms with Crippen LogP contribution in [0.3, 0.4) is 0 Å². The minimum absolute atomic E-state index is 0.595. The average molecular weight is 219 g/mol. The lowest BCUT2D eigenvalue weighted by Gasteiger charge is -1.98. The summed E-state index contributed by atoms with van der Waals surface area (Å²) in [4.78, 5) is 14.5. The van der Waals surface area contributed by atoms with Crippen LogP contribution in [-0.4, -0.2) is 11.3 Å². The fraction of sp³-hybridized carbons (Fsp3) is 0.0909. The molecule has 0 aliphatic heterocycles. The van der Waals surface area contributed by atoms with Gasteiger partial charge in [0.2, 0.25) is 0 Å². The highest BCUT2D eigenvalue weighted by atomic mass is 32.2. The van der Waals surface area contributed by atoms with E-state index in [0.717, 1.165) is 22.8 Å². The summed E-state index contributed by atoms with van der Waals surface area (Å²) >= 11 is 1.58. The lowest BCUT2D eigenvalue weighted by molar-refractivity contribution is 0.112. The Bertz CT molecular complexity index is 422. The van der Waals surface area contributed by atoms with Crippen LogP contribution in [0.5, 0.6) is 0 Å². The van der Waals surface area contributed by atoms with E-state index < -0.39 is 0 Å². The van der Waals surface area contributed by atoms with Crippen molar-refractivity contribution in [3.8, 4) is 0 Å². The van der Waals surface area contributed by atoms with Crippen LogP contribution in [-0.2, 0) is 5.75 Å². The van der Waals surface area contributed by atoms with Gasteiger partial charge in [0.05, 0.1) is 17.0 Å². The SMILES string of the molecule is O=Cc1ccc(SCc2ccco2)nc1. The largest absolute Gasteiger partial charge is 0.468 e. The van der Waals surface area contributed by atoms with Crippen molar-refractivity contribution in [2.24, 2.45) is 0 Å². The zero-order valence-corrected chi connectivity index (χ0v) is 8.74. The van der Waals surface area contributed by atoms with Crippen molar-refractivity contribution >= 4 is 18.0 Å². The van der Waals surface area contributed by atoms with E-state index in [-0.39, 0.29) is 0 Å². The maximum absolute atomic E-state index is 10.4.